The number of amides is 1. The second-order valence-corrected chi connectivity index (χ2v) is 7.95. The molecule has 0 fully saturated rings. The summed E-state index contributed by atoms with van der Waals surface area (Å²) in [6.07, 6.45) is 1.11. The lowest BCUT2D eigenvalue weighted by molar-refractivity contribution is 0.0951. The summed E-state index contributed by atoms with van der Waals surface area (Å²) in [6, 6.07) is 27.0. The first-order chi connectivity index (χ1) is 14.2. The van der Waals surface area contributed by atoms with Crippen LogP contribution in [0.2, 0.25) is 0 Å². The van der Waals surface area contributed by atoms with Crippen LogP contribution in [0, 0.1) is 0 Å². The zero-order chi connectivity index (χ0) is 20.1. The van der Waals surface area contributed by atoms with E-state index in [1.165, 1.54) is 22.3 Å². The van der Waals surface area contributed by atoms with E-state index in [-0.39, 0.29) is 5.91 Å². The maximum absolute atomic E-state index is 12.5. The standard InChI is InChI=1S/C26H28N2O/c1-20(22-7-3-2-4-8-22)17-27-26(29)24-13-11-21(12-14-24)18-28-16-15-23-9-5-6-10-25(23)19-28/h2-14,20H,15-19H2,1H3,(H,27,29)/t20-/m0/s1. The predicted molar refractivity (Wildman–Crippen MR) is 118 cm³/mol. The highest BCUT2D eigenvalue weighted by Gasteiger charge is 2.16. The molecule has 0 saturated carbocycles. The Morgan fingerprint density at radius 3 is 2.38 bits per heavy atom. The van der Waals surface area contributed by atoms with Crippen LogP contribution in [0.5, 0.6) is 0 Å². The van der Waals surface area contributed by atoms with Crippen LogP contribution < -0.4 is 5.32 Å². The first kappa shape index (κ1) is 19.4. The van der Waals surface area contributed by atoms with Gasteiger partial charge in [0.2, 0.25) is 0 Å². The van der Waals surface area contributed by atoms with Crippen molar-refractivity contribution in [3.63, 3.8) is 0 Å². The largest absolute Gasteiger partial charge is 0.351 e. The summed E-state index contributed by atoms with van der Waals surface area (Å²) in [5.74, 6) is 0.285. The molecule has 3 heteroatoms. The van der Waals surface area contributed by atoms with Crippen molar-refractivity contribution in [2.24, 2.45) is 0 Å². The van der Waals surface area contributed by atoms with Gasteiger partial charge in [0.1, 0.15) is 0 Å². The number of carbonyl (C=O) groups excluding carboxylic acids is 1. The molecule has 0 aromatic heterocycles. The molecular formula is C26H28N2O. The van der Waals surface area contributed by atoms with Gasteiger partial charge < -0.3 is 5.32 Å². The molecule has 29 heavy (non-hydrogen) atoms. The molecule has 1 aliphatic rings. The van der Waals surface area contributed by atoms with Gasteiger partial charge in [0, 0.05) is 31.7 Å². The van der Waals surface area contributed by atoms with E-state index in [0.717, 1.165) is 31.6 Å². The molecule has 3 aromatic rings. The predicted octanol–water partition coefficient (Wildman–Crippen LogP) is 4.78. The Balaban J connectivity index is 1.30. The fraction of sp³-hybridized carbons (Fsp3) is 0.269. The number of nitrogens with one attached hydrogen (secondary N) is 1. The average molecular weight is 385 g/mol. The van der Waals surface area contributed by atoms with Crippen LogP contribution in [0.15, 0.2) is 78.9 Å². The van der Waals surface area contributed by atoms with Gasteiger partial charge in [-0.05, 0) is 46.7 Å². The first-order valence-electron chi connectivity index (χ1n) is 10.4. The number of benzene rings is 3. The number of fused-ring (bicyclic) bond motifs is 1. The van der Waals surface area contributed by atoms with E-state index in [2.05, 4.69) is 65.7 Å². The quantitative estimate of drug-likeness (QED) is 0.663. The second kappa shape index (κ2) is 9.06. The second-order valence-electron chi connectivity index (χ2n) is 7.95. The highest BCUT2D eigenvalue weighted by atomic mass is 16.1. The van der Waals surface area contributed by atoms with E-state index in [4.69, 9.17) is 0 Å². The Bertz CT molecular complexity index is 950. The lowest BCUT2D eigenvalue weighted by Crippen LogP contribution is -2.30. The first-order valence-corrected chi connectivity index (χ1v) is 10.4. The zero-order valence-corrected chi connectivity index (χ0v) is 17.0. The summed E-state index contributed by atoms with van der Waals surface area (Å²) < 4.78 is 0. The van der Waals surface area contributed by atoms with E-state index < -0.39 is 0 Å². The van der Waals surface area contributed by atoms with Crippen molar-refractivity contribution in [2.45, 2.75) is 32.4 Å². The van der Waals surface area contributed by atoms with Crippen molar-refractivity contribution in [3.05, 3.63) is 107 Å². The van der Waals surface area contributed by atoms with Crippen LogP contribution in [-0.4, -0.2) is 23.9 Å². The minimum Gasteiger partial charge on any atom is -0.351 e. The SMILES string of the molecule is C[C@@H](CNC(=O)c1ccc(CN2CCc3ccccc3C2)cc1)c1ccccc1. The number of hydrogen-bond acceptors (Lipinski definition) is 2. The van der Waals surface area contributed by atoms with E-state index >= 15 is 0 Å². The van der Waals surface area contributed by atoms with Crippen molar-refractivity contribution in [1.82, 2.24) is 10.2 Å². The van der Waals surface area contributed by atoms with Crippen molar-refractivity contribution in [2.75, 3.05) is 13.1 Å². The summed E-state index contributed by atoms with van der Waals surface area (Å²) >= 11 is 0. The third kappa shape index (κ3) is 4.93. The number of hydrogen-bond donors (Lipinski definition) is 1. The Kier molecular flexibility index (Phi) is 6.06. The molecule has 4 rings (SSSR count). The third-order valence-corrected chi connectivity index (χ3v) is 5.77. The monoisotopic (exact) mass is 384 g/mol. The maximum atomic E-state index is 12.5. The highest BCUT2D eigenvalue weighted by molar-refractivity contribution is 5.94. The lowest BCUT2D eigenvalue weighted by Gasteiger charge is -2.28. The topological polar surface area (TPSA) is 32.3 Å². The van der Waals surface area contributed by atoms with E-state index in [1.807, 2.05) is 30.3 Å². The molecule has 3 nitrogen and oxygen atoms in total. The zero-order valence-electron chi connectivity index (χ0n) is 17.0. The molecule has 1 heterocycles. The number of rotatable bonds is 6. The maximum Gasteiger partial charge on any atom is 0.251 e. The summed E-state index contributed by atoms with van der Waals surface area (Å²) in [6.45, 7) is 5.76. The van der Waals surface area contributed by atoms with Crippen molar-refractivity contribution in [3.8, 4) is 0 Å². The Morgan fingerprint density at radius 1 is 0.931 bits per heavy atom. The Morgan fingerprint density at radius 2 is 1.62 bits per heavy atom. The molecule has 148 valence electrons. The van der Waals surface area contributed by atoms with Crippen LogP contribution >= 0.6 is 0 Å². The fourth-order valence-electron chi connectivity index (χ4n) is 3.96. The van der Waals surface area contributed by atoms with Gasteiger partial charge in [-0.3, -0.25) is 9.69 Å². The van der Waals surface area contributed by atoms with Crippen molar-refractivity contribution >= 4 is 5.91 Å². The molecule has 1 aliphatic heterocycles. The Hall–Kier alpha value is -2.91. The normalized spacial score (nSPS) is 14.8. The fourth-order valence-corrected chi connectivity index (χ4v) is 3.96. The summed E-state index contributed by atoms with van der Waals surface area (Å²) in [7, 11) is 0. The van der Waals surface area contributed by atoms with Crippen LogP contribution in [0.3, 0.4) is 0 Å². The molecule has 3 aromatic carbocycles. The number of nitrogens with zero attached hydrogens (tertiary/aromatic N) is 1. The van der Waals surface area contributed by atoms with Gasteiger partial charge in [0.15, 0.2) is 0 Å². The molecule has 0 saturated heterocycles. The van der Waals surface area contributed by atoms with Gasteiger partial charge in [0.05, 0.1) is 0 Å². The smallest absolute Gasteiger partial charge is 0.251 e. The van der Waals surface area contributed by atoms with Crippen LogP contribution in [0.25, 0.3) is 0 Å². The molecule has 0 spiro atoms. The van der Waals surface area contributed by atoms with Gasteiger partial charge in [-0.25, -0.2) is 0 Å². The van der Waals surface area contributed by atoms with E-state index in [0.29, 0.717) is 12.5 Å². The Labute approximate surface area is 173 Å². The van der Waals surface area contributed by atoms with Crippen molar-refractivity contribution < 1.29 is 4.79 Å². The van der Waals surface area contributed by atoms with Crippen molar-refractivity contribution in [1.29, 1.82) is 0 Å². The van der Waals surface area contributed by atoms with Gasteiger partial charge >= 0.3 is 0 Å². The molecule has 0 aliphatic carbocycles. The molecule has 0 radical (unpaired) electrons. The van der Waals surface area contributed by atoms with Gasteiger partial charge in [-0.1, -0.05) is 73.7 Å². The summed E-state index contributed by atoms with van der Waals surface area (Å²) in [5.41, 5.74) is 6.12. The third-order valence-electron chi connectivity index (χ3n) is 5.77. The molecule has 0 bridgehead atoms. The summed E-state index contributed by atoms with van der Waals surface area (Å²) in [4.78, 5) is 15.0. The molecular weight excluding hydrogens is 356 g/mol. The van der Waals surface area contributed by atoms with Crippen LogP contribution in [-0.2, 0) is 19.5 Å². The van der Waals surface area contributed by atoms with Gasteiger partial charge in [0.25, 0.3) is 5.91 Å². The lowest BCUT2D eigenvalue weighted by atomic mass is 9.99. The number of carbonyl (C=O) groups is 1. The molecule has 0 unspecified atom stereocenters. The van der Waals surface area contributed by atoms with Gasteiger partial charge in [-0.15, -0.1) is 0 Å². The van der Waals surface area contributed by atoms with Crippen LogP contribution in [0.1, 0.15) is 45.5 Å². The van der Waals surface area contributed by atoms with E-state index in [1.54, 1.807) is 0 Å². The molecule has 1 amide bonds. The average Bonchev–Trinajstić information content (AvgIpc) is 2.78. The minimum atomic E-state index is -0.00812. The highest BCUT2D eigenvalue weighted by Crippen LogP contribution is 2.20. The molecule has 1 atom stereocenters. The van der Waals surface area contributed by atoms with Crippen LogP contribution in [0.4, 0.5) is 0 Å². The molecule has 1 N–H and O–H groups in total. The summed E-state index contributed by atoms with van der Waals surface area (Å²) in [5, 5.41) is 3.06. The van der Waals surface area contributed by atoms with Gasteiger partial charge in [-0.2, -0.15) is 0 Å². The van der Waals surface area contributed by atoms with E-state index in [9.17, 15) is 4.79 Å². The minimum absolute atomic E-state index is 0.00812.